The molecule has 0 radical (unpaired) electrons. The van der Waals surface area contributed by atoms with E-state index in [-0.39, 0.29) is 5.73 Å². The third-order valence-electron chi connectivity index (χ3n) is 3.05. The summed E-state index contributed by atoms with van der Waals surface area (Å²) in [5.41, 5.74) is 0.188. The highest BCUT2D eigenvalue weighted by Gasteiger charge is 2.43. The molecule has 2 atom stereocenters. The van der Waals surface area contributed by atoms with Crippen molar-refractivity contribution >= 4 is 36.4 Å². The van der Waals surface area contributed by atoms with Crippen LogP contribution in [0.5, 0.6) is 0 Å². The molecule has 0 N–H and O–H groups in total. The zero-order chi connectivity index (χ0) is 13.2. The normalized spacial score (nSPS) is 38.0. The molecular formula is C9H24O5Si4. The lowest BCUT2D eigenvalue weighted by Gasteiger charge is -2.40. The van der Waals surface area contributed by atoms with Crippen LogP contribution in [0.15, 0.2) is 0 Å². The highest BCUT2D eigenvalue weighted by molar-refractivity contribution is 6.84. The third kappa shape index (κ3) is 4.35. The number of hydrogen-bond donors (Lipinski definition) is 0. The summed E-state index contributed by atoms with van der Waals surface area (Å²) < 4.78 is 30.1. The van der Waals surface area contributed by atoms with Gasteiger partial charge in [0.05, 0.1) is 5.73 Å². The van der Waals surface area contributed by atoms with Crippen LogP contribution in [0.1, 0.15) is 19.3 Å². The molecule has 5 nitrogen and oxygen atoms in total. The van der Waals surface area contributed by atoms with Gasteiger partial charge in [0.25, 0.3) is 10.0 Å². The summed E-state index contributed by atoms with van der Waals surface area (Å²) in [5.74, 6) is 0. The zero-order valence-corrected chi connectivity index (χ0v) is 16.3. The molecule has 0 aliphatic carbocycles. The standard InChI is InChI=1S/C9H24O5Si4/c1-17(2)12-15-11-16(13-18(3,4)14-17)9-7-5-6-8-10-9/h9,16H,5-8,15H2,1-4H3. The van der Waals surface area contributed by atoms with Crippen LogP contribution < -0.4 is 0 Å². The van der Waals surface area contributed by atoms with Crippen molar-refractivity contribution in [2.75, 3.05) is 6.61 Å². The Morgan fingerprint density at radius 3 is 2.56 bits per heavy atom. The molecule has 0 aromatic carbocycles. The minimum absolute atomic E-state index is 0.188. The molecule has 0 spiro atoms. The van der Waals surface area contributed by atoms with Crippen molar-refractivity contribution < 1.29 is 21.2 Å². The summed E-state index contributed by atoms with van der Waals surface area (Å²) in [7, 11) is -6.94. The number of hydrogen-bond acceptors (Lipinski definition) is 5. The summed E-state index contributed by atoms with van der Waals surface area (Å²) in [4.78, 5) is 0. The topological polar surface area (TPSA) is 46.2 Å². The highest BCUT2D eigenvalue weighted by atomic mass is 28.5. The largest absolute Gasteiger partial charge is 0.421 e. The van der Waals surface area contributed by atoms with Crippen LogP contribution >= 0.6 is 0 Å². The lowest BCUT2D eigenvalue weighted by atomic mass is 10.2. The van der Waals surface area contributed by atoms with Gasteiger partial charge in [-0.1, -0.05) is 0 Å². The minimum Gasteiger partial charge on any atom is -0.421 e. The molecular weight excluding hydrogens is 300 g/mol. The van der Waals surface area contributed by atoms with Crippen molar-refractivity contribution in [3.05, 3.63) is 0 Å². The molecule has 106 valence electrons. The summed E-state index contributed by atoms with van der Waals surface area (Å²) >= 11 is 0. The second-order valence-electron chi connectivity index (χ2n) is 5.72. The monoisotopic (exact) mass is 324 g/mol. The van der Waals surface area contributed by atoms with E-state index in [1.54, 1.807) is 0 Å². The van der Waals surface area contributed by atoms with E-state index in [0.717, 1.165) is 19.4 Å². The first-order chi connectivity index (χ1) is 8.38. The van der Waals surface area contributed by atoms with Gasteiger partial charge < -0.3 is 21.2 Å². The molecule has 2 saturated heterocycles. The Kier molecular flexibility index (Phi) is 5.00. The number of ether oxygens (including phenoxy) is 1. The third-order valence-corrected chi connectivity index (χ3v) is 16.4. The summed E-state index contributed by atoms with van der Waals surface area (Å²) in [6.45, 7) is 9.15. The van der Waals surface area contributed by atoms with Gasteiger partial charge in [-0.25, -0.2) is 0 Å². The van der Waals surface area contributed by atoms with Crippen molar-refractivity contribution in [3.8, 4) is 0 Å². The molecule has 2 fully saturated rings. The lowest BCUT2D eigenvalue weighted by Crippen LogP contribution is -2.58. The van der Waals surface area contributed by atoms with Crippen LogP contribution in [-0.2, 0) is 21.2 Å². The fourth-order valence-electron chi connectivity index (χ4n) is 2.37. The van der Waals surface area contributed by atoms with Gasteiger partial charge in [-0.05, 0) is 45.5 Å². The quantitative estimate of drug-likeness (QED) is 0.668. The Labute approximate surface area is 116 Å². The van der Waals surface area contributed by atoms with E-state index in [9.17, 15) is 0 Å². The summed E-state index contributed by atoms with van der Waals surface area (Å²) in [6, 6.07) is 0. The molecule has 0 amide bonds. The molecule has 2 aliphatic rings. The molecule has 2 heterocycles. The Morgan fingerprint density at radius 1 is 1.11 bits per heavy atom. The molecule has 0 aromatic heterocycles. The van der Waals surface area contributed by atoms with Crippen molar-refractivity contribution in [3.63, 3.8) is 0 Å². The maximum Gasteiger partial charge on any atom is 0.333 e. The van der Waals surface area contributed by atoms with Gasteiger partial charge in [-0.15, -0.1) is 0 Å². The van der Waals surface area contributed by atoms with Gasteiger partial charge in [-0.3, -0.25) is 0 Å². The molecule has 0 bridgehead atoms. The highest BCUT2D eigenvalue weighted by Crippen LogP contribution is 2.24. The van der Waals surface area contributed by atoms with Crippen LogP contribution in [0.2, 0.25) is 26.2 Å². The SMILES string of the molecule is C[Si]1(C)O[SiH2]O[SiH](C2CCCCO2)O[Si](C)(C)O1. The van der Waals surface area contributed by atoms with Crippen LogP contribution in [-0.4, -0.2) is 48.7 Å². The molecule has 9 heteroatoms. The zero-order valence-electron chi connectivity index (χ0n) is 11.7. The summed E-state index contributed by atoms with van der Waals surface area (Å²) in [6.07, 6.45) is 3.44. The Morgan fingerprint density at radius 2 is 1.89 bits per heavy atom. The first kappa shape index (κ1) is 15.1. The average molecular weight is 325 g/mol. The van der Waals surface area contributed by atoms with Crippen molar-refractivity contribution in [2.24, 2.45) is 0 Å². The van der Waals surface area contributed by atoms with Crippen LogP contribution in [0.3, 0.4) is 0 Å². The first-order valence-electron chi connectivity index (χ1n) is 6.63. The second kappa shape index (κ2) is 5.97. The smallest absolute Gasteiger partial charge is 0.333 e. The fraction of sp³-hybridized carbons (Fsp3) is 1.00. The molecule has 0 saturated carbocycles. The van der Waals surface area contributed by atoms with E-state index in [1.165, 1.54) is 6.42 Å². The van der Waals surface area contributed by atoms with E-state index in [0.29, 0.717) is 0 Å². The Bertz CT molecular complexity index is 282. The van der Waals surface area contributed by atoms with E-state index in [1.807, 2.05) is 0 Å². The van der Waals surface area contributed by atoms with Crippen molar-refractivity contribution in [2.45, 2.75) is 51.2 Å². The Hall–Kier alpha value is 0.668. The predicted octanol–water partition coefficient (Wildman–Crippen LogP) is 0.798. The average Bonchev–Trinajstić information content (AvgIpc) is 2.25. The Balaban J connectivity index is 2.00. The first-order valence-corrected chi connectivity index (χ1v) is 15.0. The van der Waals surface area contributed by atoms with Crippen LogP contribution in [0.25, 0.3) is 0 Å². The van der Waals surface area contributed by atoms with Crippen molar-refractivity contribution in [1.82, 2.24) is 0 Å². The predicted molar refractivity (Wildman–Crippen MR) is 78.6 cm³/mol. The number of rotatable bonds is 1. The molecule has 2 unspecified atom stereocenters. The molecule has 18 heavy (non-hydrogen) atoms. The van der Waals surface area contributed by atoms with E-state index in [4.69, 9.17) is 21.2 Å². The molecule has 2 rings (SSSR count). The minimum atomic E-state index is -2.14. The summed E-state index contributed by atoms with van der Waals surface area (Å²) in [5, 5.41) is 0. The van der Waals surface area contributed by atoms with E-state index >= 15 is 0 Å². The maximum absolute atomic E-state index is 6.25. The van der Waals surface area contributed by atoms with Gasteiger partial charge in [0, 0.05) is 6.61 Å². The van der Waals surface area contributed by atoms with Gasteiger partial charge >= 0.3 is 26.4 Å². The van der Waals surface area contributed by atoms with Gasteiger partial charge in [0.1, 0.15) is 0 Å². The van der Waals surface area contributed by atoms with Gasteiger partial charge in [0.15, 0.2) is 0 Å². The van der Waals surface area contributed by atoms with Crippen LogP contribution in [0.4, 0.5) is 0 Å². The van der Waals surface area contributed by atoms with Gasteiger partial charge in [-0.2, -0.15) is 0 Å². The lowest BCUT2D eigenvalue weighted by molar-refractivity contribution is 0.0435. The van der Waals surface area contributed by atoms with Crippen LogP contribution in [0, 0.1) is 0 Å². The second-order valence-corrected chi connectivity index (χ2v) is 17.3. The van der Waals surface area contributed by atoms with Crippen molar-refractivity contribution in [1.29, 1.82) is 0 Å². The fourth-order valence-corrected chi connectivity index (χ4v) is 16.4. The molecule has 0 aromatic rings. The molecule has 2 aliphatic heterocycles. The van der Waals surface area contributed by atoms with Gasteiger partial charge in [0.2, 0.25) is 0 Å². The van der Waals surface area contributed by atoms with E-state index < -0.39 is 36.4 Å². The van der Waals surface area contributed by atoms with E-state index in [2.05, 4.69) is 26.2 Å². The maximum atomic E-state index is 6.25.